The van der Waals surface area contributed by atoms with Gasteiger partial charge in [-0.15, -0.1) is 0 Å². The largest absolute Gasteiger partial charge is 0.640 e. The van der Waals surface area contributed by atoms with E-state index >= 15 is 0 Å². The van der Waals surface area contributed by atoms with Gasteiger partial charge in [-0.3, -0.25) is 0 Å². The van der Waals surface area contributed by atoms with Crippen LogP contribution in [-0.4, -0.2) is 36.8 Å². The van der Waals surface area contributed by atoms with Gasteiger partial charge in [0.15, 0.2) is 0 Å². The molecule has 5 nitrogen and oxygen atoms in total. The van der Waals surface area contributed by atoms with E-state index in [4.69, 9.17) is 23.3 Å². The first kappa shape index (κ1) is 20.9. The molecule has 1 atom stereocenters. The van der Waals surface area contributed by atoms with Crippen LogP contribution in [0.5, 0.6) is 0 Å². The Balaban J connectivity index is 1.87. The average Bonchev–Trinajstić information content (AvgIpc) is 2.85. The lowest BCUT2D eigenvalue weighted by atomic mass is 9.75. The molecule has 1 unspecified atom stereocenters. The van der Waals surface area contributed by atoms with Gasteiger partial charge in [-0.2, -0.15) is 0 Å². The highest BCUT2D eigenvalue weighted by Crippen LogP contribution is 2.43. The third-order valence-corrected chi connectivity index (χ3v) is 6.41. The van der Waals surface area contributed by atoms with Crippen LogP contribution in [0.2, 0.25) is 0 Å². The van der Waals surface area contributed by atoms with Crippen molar-refractivity contribution in [3.05, 3.63) is 35.4 Å². The highest BCUT2D eigenvalue weighted by Gasteiger charge is 2.58. The van der Waals surface area contributed by atoms with Gasteiger partial charge >= 0.3 is 14.4 Å². The normalized spacial score (nSPS) is 26.4. The molecule has 2 aliphatic rings. The summed E-state index contributed by atoms with van der Waals surface area (Å²) in [6.45, 7) is 18.2. The van der Waals surface area contributed by atoms with Crippen molar-refractivity contribution in [3.8, 4) is 0 Å². The Morgan fingerprint density at radius 1 is 0.704 bits per heavy atom. The van der Waals surface area contributed by atoms with Gasteiger partial charge in [-0.05, 0) is 67.9 Å². The van der Waals surface area contributed by atoms with Crippen molar-refractivity contribution in [1.82, 2.24) is 0 Å². The standard InChI is InChI=1S/C20H32B2O5/c1-14-10-12-15(13-11-14)16(21-24-17(2,3)18(4,5)25-21)23-22-26-19(6,7)20(8,9)27-22/h10-13,16H,1-9H3. The first-order valence-corrected chi connectivity index (χ1v) is 9.67. The van der Waals surface area contributed by atoms with Crippen LogP contribution < -0.4 is 0 Å². The Kier molecular flexibility index (Phi) is 5.10. The van der Waals surface area contributed by atoms with Crippen LogP contribution in [0.4, 0.5) is 0 Å². The molecule has 1 aromatic rings. The molecule has 0 N–H and O–H groups in total. The Morgan fingerprint density at radius 3 is 1.56 bits per heavy atom. The Bertz CT molecular complexity index is 652. The van der Waals surface area contributed by atoms with Crippen molar-refractivity contribution in [2.45, 2.75) is 90.7 Å². The fourth-order valence-corrected chi connectivity index (χ4v) is 3.03. The zero-order chi connectivity index (χ0) is 20.3. The van der Waals surface area contributed by atoms with E-state index in [-0.39, 0.29) is 0 Å². The summed E-state index contributed by atoms with van der Waals surface area (Å²) >= 11 is 0. The molecule has 0 spiro atoms. The summed E-state index contributed by atoms with van der Waals surface area (Å²) in [5.41, 5.74) is 0.326. The van der Waals surface area contributed by atoms with E-state index in [1.165, 1.54) is 5.56 Å². The molecule has 0 bridgehead atoms. The number of benzene rings is 1. The van der Waals surface area contributed by atoms with Gasteiger partial charge in [0.05, 0.1) is 22.4 Å². The van der Waals surface area contributed by atoms with Crippen LogP contribution >= 0.6 is 0 Å². The van der Waals surface area contributed by atoms with Gasteiger partial charge in [0.2, 0.25) is 0 Å². The summed E-state index contributed by atoms with van der Waals surface area (Å²) in [6, 6.07) is 7.72. The van der Waals surface area contributed by atoms with Crippen molar-refractivity contribution < 1.29 is 23.3 Å². The number of rotatable bonds is 4. The van der Waals surface area contributed by atoms with Crippen molar-refractivity contribution in [2.24, 2.45) is 0 Å². The van der Waals surface area contributed by atoms with Crippen LogP contribution in [0.1, 0.15) is 72.5 Å². The van der Waals surface area contributed by atoms with Crippen LogP contribution in [-0.2, 0) is 23.3 Å². The molecular weight excluding hydrogens is 342 g/mol. The van der Waals surface area contributed by atoms with Crippen LogP contribution in [0.15, 0.2) is 24.3 Å². The molecule has 0 amide bonds. The fraction of sp³-hybridized carbons (Fsp3) is 0.700. The highest BCUT2D eigenvalue weighted by atomic mass is 16.8. The van der Waals surface area contributed by atoms with E-state index in [1.807, 2.05) is 67.5 Å². The smallest absolute Gasteiger partial charge is 0.401 e. The second-order valence-corrected chi connectivity index (χ2v) is 9.64. The summed E-state index contributed by atoms with van der Waals surface area (Å²) in [4.78, 5) is 0. The maximum absolute atomic E-state index is 6.28. The lowest BCUT2D eigenvalue weighted by Gasteiger charge is -2.32. The molecule has 1 aromatic carbocycles. The average molecular weight is 374 g/mol. The van der Waals surface area contributed by atoms with E-state index < -0.39 is 42.8 Å². The molecular formula is C20H32B2O5. The molecule has 2 fully saturated rings. The van der Waals surface area contributed by atoms with Gasteiger partial charge in [0.1, 0.15) is 6.00 Å². The van der Waals surface area contributed by atoms with Gasteiger partial charge < -0.3 is 23.3 Å². The van der Waals surface area contributed by atoms with E-state index in [1.54, 1.807) is 0 Å². The SMILES string of the molecule is Cc1ccc(C(OB2OC(C)(C)C(C)(C)O2)B2OC(C)(C)C(C)(C)O2)cc1. The lowest BCUT2D eigenvalue weighted by Crippen LogP contribution is -2.41. The van der Waals surface area contributed by atoms with Gasteiger partial charge in [0.25, 0.3) is 0 Å². The van der Waals surface area contributed by atoms with E-state index in [0.29, 0.717) is 0 Å². The second kappa shape index (κ2) is 6.60. The van der Waals surface area contributed by atoms with Crippen LogP contribution in [0.3, 0.4) is 0 Å². The zero-order valence-electron chi connectivity index (χ0n) is 18.1. The highest BCUT2D eigenvalue weighted by molar-refractivity contribution is 6.49. The quantitative estimate of drug-likeness (QED) is 0.737. The molecule has 0 radical (unpaired) electrons. The maximum Gasteiger partial charge on any atom is 0.640 e. The van der Waals surface area contributed by atoms with E-state index in [2.05, 4.69) is 19.1 Å². The molecule has 2 heterocycles. The topological polar surface area (TPSA) is 46.2 Å². The third-order valence-electron chi connectivity index (χ3n) is 6.41. The number of hydrogen-bond donors (Lipinski definition) is 0. The molecule has 2 saturated heterocycles. The first-order chi connectivity index (χ1) is 12.2. The summed E-state index contributed by atoms with van der Waals surface area (Å²) in [6.07, 6.45) is 0. The van der Waals surface area contributed by atoms with Crippen molar-refractivity contribution in [2.75, 3.05) is 0 Å². The molecule has 27 heavy (non-hydrogen) atoms. The molecule has 0 saturated carbocycles. The molecule has 3 rings (SSSR count). The maximum atomic E-state index is 6.28. The molecule has 0 aliphatic carbocycles. The van der Waals surface area contributed by atoms with E-state index in [0.717, 1.165) is 5.56 Å². The third kappa shape index (κ3) is 3.85. The van der Waals surface area contributed by atoms with Gasteiger partial charge in [-0.1, -0.05) is 29.8 Å². The molecule has 0 aromatic heterocycles. The minimum Gasteiger partial charge on any atom is -0.401 e. The Morgan fingerprint density at radius 2 is 1.11 bits per heavy atom. The predicted molar refractivity (Wildman–Crippen MR) is 107 cm³/mol. The van der Waals surface area contributed by atoms with Crippen LogP contribution in [0, 0.1) is 6.92 Å². The second-order valence-electron chi connectivity index (χ2n) is 9.64. The number of hydrogen-bond acceptors (Lipinski definition) is 5. The van der Waals surface area contributed by atoms with Crippen molar-refractivity contribution in [3.63, 3.8) is 0 Å². The number of aryl methyl sites for hydroxylation is 1. The molecule has 148 valence electrons. The first-order valence-electron chi connectivity index (χ1n) is 9.67. The zero-order valence-corrected chi connectivity index (χ0v) is 18.1. The van der Waals surface area contributed by atoms with Crippen molar-refractivity contribution >= 4 is 14.4 Å². The van der Waals surface area contributed by atoms with Gasteiger partial charge in [0, 0.05) is 0 Å². The summed E-state index contributed by atoms with van der Waals surface area (Å²) in [5.74, 6) is 0. The lowest BCUT2D eigenvalue weighted by molar-refractivity contribution is 0.00578. The Labute approximate surface area is 164 Å². The summed E-state index contributed by atoms with van der Waals surface area (Å²) < 4.78 is 30.9. The summed E-state index contributed by atoms with van der Waals surface area (Å²) in [7, 11) is -1.35. The van der Waals surface area contributed by atoms with Gasteiger partial charge in [-0.25, -0.2) is 0 Å². The minimum atomic E-state index is -0.791. The molecule has 7 heteroatoms. The summed E-state index contributed by atoms with van der Waals surface area (Å²) in [5, 5.41) is 0. The van der Waals surface area contributed by atoms with Crippen LogP contribution in [0.25, 0.3) is 0 Å². The van der Waals surface area contributed by atoms with E-state index in [9.17, 15) is 0 Å². The molecule has 2 aliphatic heterocycles. The predicted octanol–water partition coefficient (Wildman–Crippen LogP) is 4.27. The monoisotopic (exact) mass is 374 g/mol. The fourth-order valence-electron chi connectivity index (χ4n) is 3.03. The van der Waals surface area contributed by atoms with Crippen molar-refractivity contribution in [1.29, 1.82) is 0 Å². The minimum absolute atomic E-state index is 0.445. The Hall–Kier alpha value is -0.850.